The molecule has 0 amide bonds. The van der Waals surface area contributed by atoms with Crippen LogP contribution in [0.25, 0.3) is 0 Å². The minimum Gasteiger partial charge on any atom is -0.378 e. The van der Waals surface area contributed by atoms with E-state index in [1.165, 1.54) is 12.1 Å². The molecule has 2 rings (SSSR count). The number of halogens is 2. The van der Waals surface area contributed by atoms with Gasteiger partial charge in [-0.05, 0) is 38.1 Å². The first kappa shape index (κ1) is 13.4. The third kappa shape index (κ3) is 2.87. The summed E-state index contributed by atoms with van der Waals surface area (Å²) in [5.41, 5.74) is 0.402. The predicted molar refractivity (Wildman–Crippen MR) is 66.3 cm³/mol. The molecule has 1 N–H and O–H groups in total. The van der Waals surface area contributed by atoms with Crippen LogP contribution >= 0.6 is 0 Å². The zero-order valence-corrected chi connectivity index (χ0v) is 10.7. The lowest BCUT2D eigenvalue weighted by Gasteiger charge is -2.24. The van der Waals surface area contributed by atoms with Crippen LogP contribution < -0.4 is 5.32 Å². The second kappa shape index (κ2) is 5.76. The molecule has 1 heterocycles. The molecule has 1 saturated heterocycles. The highest BCUT2D eigenvalue weighted by atomic mass is 19.1. The zero-order valence-electron chi connectivity index (χ0n) is 10.7. The molecule has 4 heteroatoms. The first-order valence-corrected chi connectivity index (χ1v) is 6.41. The van der Waals surface area contributed by atoms with Crippen molar-refractivity contribution in [2.75, 3.05) is 13.2 Å². The summed E-state index contributed by atoms with van der Waals surface area (Å²) < 4.78 is 32.7. The van der Waals surface area contributed by atoms with Crippen molar-refractivity contribution in [2.24, 2.45) is 5.92 Å². The maximum absolute atomic E-state index is 13.8. The molecule has 0 saturated carbocycles. The van der Waals surface area contributed by atoms with E-state index in [0.717, 1.165) is 12.5 Å². The van der Waals surface area contributed by atoms with Gasteiger partial charge in [-0.2, -0.15) is 0 Å². The molecule has 0 bridgehead atoms. The van der Waals surface area contributed by atoms with Crippen molar-refractivity contribution in [3.8, 4) is 0 Å². The van der Waals surface area contributed by atoms with Gasteiger partial charge in [-0.25, -0.2) is 8.78 Å². The van der Waals surface area contributed by atoms with Crippen LogP contribution in [-0.4, -0.2) is 19.3 Å². The molecule has 1 aliphatic rings. The van der Waals surface area contributed by atoms with E-state index in [4.69, 9.17) is 4.74 Å². The Balaban J connectivity index is 2.26. The van der Waals surface area contributed by atoms with E-state index in [9.17, 15) is 8.78 Å². The zero-order chi connectivity index (χ0) is 13.1. The van der Waals surface area contributed by atoms with Crippen molar-refractivity contribution >= 4 is 0 Å². The molecule has 0 aromatic heterocycles. The fourth-order valence-corrected chi connectivity index (χ4v) is 2.59. The normalized spacial score (nSPS) is 25.3. The summed E-state index contributed by atoms with van der Waals surface area (Å²) in [5, 5.41) is 3.24. The van der Waals surface area contributed by atoms with Crippen LogP contribution in [0.5, 0.6) is 0 Å². The van der Waals surface area contributed by atoms with Crippen molar-refractivity contribution in [1.29, 1.82) is 0 Å². The fraction of sp³-hybridized carbons (Fsp3) is 0.571. The first-order chi connectivity index (χ1) is 8.61. The highest BCUT2D eigenvalue weighted by molar-refractivity contribution is 5.23. The second-order valence-corrected chi connectivity index (χ2v) is 4.84. The van der Waals surface area contributed by atoms with Crippen molar-refractivity contribution in [1.82, 2.24) is 5.32 Å². The molecule has 18 heavy (non-hydrogen) atoms. The second-order valence-electron chi connectivity index (χ2n) is 4.84. The summed E-state index contributed by atoms with van der Waals surface area (Å²) in [5.74, 6) is -0.570. The first-order valence-electron chi connectivity index (χ1n) is 6.41. The van der Waals surface area contributed by atoms with Gasteiger partial charge in [0.05, 0.1) is 12.7 Å². The molecule has 0 aliphatic carbocycles. The van der Waals surface area contributed by atoms with Crippen LogP contribution in [0, 0.1) is 17.6 Å². The Morgan fingerprint density at radius 2 is 2.22 bits per heavy atom. The number of hydrogen-bond acceptors (Lipinski definition) is 2. The van der Waals surface area contributed by atoms with Crippen molar-refractivity contribution in [2.45, 2.75) is 32.4 Å². The van der Waals surface area contributed by atoms with Crippen molar-refractivity contribution < 1.29 is 13.5 Å². The Labute approximate surface area is 106 Å². The lowest BCUT2D eigenvalue weighted by Crippen LogP contribution is -2.29. The minimum atomic E-state index is -0.402. The van der Waals surface area contributed by atoms with Crippen LogP contribution in [0.2, 0.25) is 0 Å². The van der Waals surface area contributed by atoms with E-state index in [0.29, 0.717) is 18.7 Å². The quantitative estimate of drug-likeness (QED) is 0.893. The van der Waals surface area contributed by atoms with E-state index in [1.54, 1.807) is 0 Å². The highest BCUT2D eigenvalue weighted by Crippen LogP contribution is 2.33. The molecule has 0 spiro atoms. The van der Waals surface area contributed by atoms with E-state index in [1.807, 2.05) is 13.8 Å². The average Bonchev–Trinajstić information content (AvgIpc) is 2.76. The van der Waals surface area contributed by atoms with Crippen molar-refractivity contribution in [3.63, 3.8) is 0 Å². The monoisotopic (exact) mass is 255 g/mol. The Kier molecular flexibility index (Phi) is 4.30. The van der Waals surface area contributed by atoms with Crippen LogP contribution in [0.15, 0.2) is 18.2 Å². The third-order valence-corrected chi connectivity index (χ3v) is 3.42. The van der Waals surface area contributed by atoms with E-state index >= 15 is 0 Å². The molecule has 1 aromatic rings. The fourth-order valence-electron chi connectivity index (χ4n) is 2.59. The standard InChI is InChI=1S/C14H19F2NO/c1-3-17-14(10-6-9(2)18-8-10)12-7-11(15)4-5-13(12)16/h4-5,7,9-10,14,17H,3,6,8H2,1-2H3. The molecule has 3 atom stereocenters. The van der Waals surface area contributed by atoms with Gasteiger partial charge in [-0.15, -0.1) is 0 Å². The van der Waals surface area contributed by atoms with E-state index < -0.39 is 5.82 Å². The molecule has 3 unspecified atom stereocenters. The Hall–Kier alpha value is -1.00. The summed E-state index contributed by atoms with van der Waals surface area (Å²) in [7, 11) is 0. The summed E-state index contributed by atoms with van der Waals surface area (Å²) in [6.45, 7) is 5.27. The van der Waals surface area contributed by atoms with Gasteiger partial charge in [0.1, 0.15) is 11.6 Å². The van der Waals surface area contributed by atoms with Crippen LogP contribution in [0.4, 0.5) is 8.78 Å². The molecule has 0 radical (unpaired) electrons. The maximum Gasteiger partial charge on any atom is 0.128 e. The lowest BCUT2D eigenvalue weighted by molar-refractivity contribution is 0.116. The van der Waals surface area contributed by atoms with Crippen LogP contribution in [0.1, 0.15) is 31.9 Å². The van der Waals surface area contributed by atoms with Crippen LogP contribution in [-0.2, 0) is 4.74 Å². The Morgan fingerprint density at radius 1 is 1.44 bits per heavy atom. The Morgan fingerprint density at radius 3 is 2.83 bits per heavy atom. The molecule has 1 aromatic carbocycles. The van der Waals surface area contributed by atoms with E-state index in [2.05, 4.69) is 5.32 Å². The van der Waals surface area contributed by atoms with Gasteiger partial charge in [0.25, 0.3) is 0 Å². The molecule has 2 nitrogen and oxygen atoms in total. The smallest absolute Gasteiger partial charge is 0.128 e. The highest BCUT2D eigenvalue weighted by Gasteiger charge is 2.31. The molecular formula is C14H19F2NO. The molecule has 100 valence electrons. The summed E-state index contributed by atoms with van der Waals surface area (Å²) in [6, 6.07) is 3.44. The van der Waals surface area contributed by atoms with Gasteiger partial charge in [0.2, 0.25) is 0 Å². The van der Waals surface area contributed by atoms with Gasteiger partial charge in [0, 0.05) is 17.5 Å². The predicted octanol–water partition coefficient (Wildman–Crippen LogP) is 3.04. The largest absolute Gasteiger partial charge is 0.378 e. The van der Waals surface area contributed by atoms with Crippen molar-refractivity contribution in [3.05, 3.63) is 35.4 Å². The van der Waals surface area contributed by atoms with Gasteiger partial charge in [-0.3, -0.25) is 0 Å². The van der Waals surface area contributed by atoms with Gasteiger partial charge < -0.3 is 10.1 Å². The lowest BCUT2D eigenvalue weighted by atomic mass is 9.90. The number of benzene rings is 1. The van der Waals surface area contributed by atoms with Gasteiger partial charge in [-0.1, -0.05) is 6.92 Å². The number of hydrogen-bond donors (Lipinski definition) is 1. The summed E-state index contributed by atoms with van der Waals surface area (Å²) in [6.07, 6.45) is 1.06. The SMILES string of the molecule is CCNC(c1cc(F)ccc1F)C1COC(C)C1. The maximum atomic E-state index is 13.8. The van der Waals surface area contributed by atoms with Gasteiger partial charge >= 0.3 is 0 Å². The number of rotatable bonds is 4. The average molecular weight is 255 g/mol. The topological polar surface area (TPSA) is 21.3 Å². The third-order valence-electron chi connectivity index (χ3n) is 3.42. The van der Waals surface area contributed by atoms with Gasteiger partial charge in [0.15, 0.2) is 0 Å². The summed E-state index contributed by atoms with van der Waals surface area (Å²) >= 11 is 0. The molecule has 1 aliphatic heterocycles. The Bertz CT molecular complexity index is 411. The molecular weight excluding hydrogens is 236 g/mol. The summed E-state index contributed by atoms with van der Waals surface area (Å²) in [4.78, 5) is 0. The number of nitrogens with one attached hydrogen (secondary N) is 1. The number of ether oxygens (including phenoxy) is 1. The van der Waals surface area contributed by atoms with Crippen LogP contribution in [0.3, 0.4) is 0 Å². The minimum absolute atomic E-state index is 0.185. The van der Waals surface area contributed by atoms with E-state index in [-0.39, 0.29) is 23.9 Å². The molecule has 1 fully saturated rings.